The molecule has 5 nitrogen and oxygen atoms in total. The van der Waals surface area contributed by atoms with Crippen LogP contribution in [0.3, 0.4) is 0 Å². The van der Waals surface area contributed by atoms with Crippen molar-refractivity contribution in [2.24, 2.45) is 5.73 Å². The first-order valence-corrected chi connectivity index (χ1v) is 9.74. The molecule has 0 aliphatic carbocycles. The quantitative estimate of drug-likeness (QED) is 0.774. The molecule has 0 spiro atoms. The highest BCUT2D eigenvalue weighted by Crippen LogP contribution is 2.42. The Labute approximate surface area is 158 Å². The predicted octanol–water partition coefficient (Wildman–Crippen LogP) is 3.50. The Morgan fingerprint density at radius 1 is 1.04 bits per heavy atom. The first-order valence-electron chi connectivity index (χ1n) is 9.74. The number of fused-ring (bicyclic) bond motifs is 3. The molecular formula is C22H24N4O. The number of hydrogen-bond acceptors (Lipinski definition) is 3. The molecule has 2 aliphatic rings. The summed E-state index contributed by atoms with van der Waals surface area (Å²) >= 11 is 0. The number of benzene rings is 1. The van der Waals surface area contributed by atoms with Crippen LogP contribution in [0, 0.1) is 0 Å². The van der Waals surface area contributed by atoms with Gasteiger partial charge in [0.05, 0.1) is 0 Å². The van der Waals surface area contributed by atoms with Crippen LogP contribution in [-0.2, 0) is 6.54 Å². The van der Waals surface area contributed by atoms with Crippen LogP contribution in [-0.4, -0.2) is 32.4 Å². The van der Waals surface area contributed by atoms with E-state index in [2.05, 4.69) is 38.8 Å². The summed E-state index contributed by atoms with van der Waals surface area (Å²) in [5, 5.41) is 1.17. The SMILES string of the molecule is NC(=O)c1ccc2ccn(C3CC4CCC(C3)N4Cc3ccncc3)c2c1. The molecule has 27 heavy (non-hydrogen) atoms. The molecule has 5 rings (SSSR count). The molecule has 2 saturated heterocycles. The zero-order chi connectivity index (χ0) is 18.4. The standard InChI is InChI=1S/C22H24N4O/c23-22(27)17-2-1-16-7-10-25(21(16)11-17)20-12-18-3-4-19(13-20)26(18)14-15-5-8-24-9-6-15/h1-2,5-11,18-20H,3-4,12-14H2,(H2,23,27). The maximum atomic E-state index is 11.6. The number of pyridine rings is 1. The van der Waals surface area contributed by atoms with E-state index in [0.29, 0.717) is 23.7 Å². The summed E-state index contributed by atoms with van der Waals surface area (Å²) < 4.78 is 2.37. The van der Waals surface area contributed by atoms with E-state index in [1.165, 1.54) is 23.8 Å². The van der Waals surface area contributed by atoms with Gasteiger partial charge < -0.3 is 10.3 Å². The number of amides is 1. The number of nitrogens with two attached hydrogens (primary N) is 1. The van der Waals surface area contributed by atoms with Gasteiger partial charge in [0.25, 0.3) is 0 Å². The van der Waals surface area contributed by atoms with Crippen LogP contribution in [0.15, 0.2) is 55.0 Å². The van der Waals surface area contributed by atoms with Crippen molar-refractivity contribution in [3.05, 3.63) is 66.1 Å². The monoisotopic (exact) mass is 360 g/mol. The Morgan fingerprint density at radius 2 is 1.78 bits per heavy atom. The van der Waals surface area contributed by atoms with Crippen molar-refractivity contribution in [3.8, 4) is 0 Å². The van der Waals surface area contributed by atoms with Gasteiger partial charge in [0, 0.05) is 54.3 Å². The molecule has 4 heterocycles. The highest BCUT2D eigenvalue weighted by molar-refractivity contribution is 5.97. The van der Waals surface area contributed by atoms with Gasteiger partial charge in [-0.2, -0.15) is 0 Å². The summed E-state index contributed by atoms with van der Waals surface area (Å²) in [6.45, 7) is 1.02. The minimum Gasteiger partial charge on any atom is -0.366 e. The van der Waals surface area contributed by atoms with Crippen LogP contribution in [0.5, 0.6) is 0 Å². The molecule has 2 N–H and O–H groups in total. The summed E-state index contributed by atoms with van der Waals surface area (Å²) in [5.74, 6) is -0.364. The highest BCUT2D eigenvalue weighted by Gasteiger charge is 2.41. The number of aromatic nitrogens is 2. The third kappa shape index (κ3) is 2.92. The van der Waals surface area contributed by atoms with Crippen molar-refractivity contribution in [2.75, 3.05) is 0 Å². The van der Waals surface area contributed by atoms with Crippen molar-refractivity contribution < 1.29 is 4.79 Å². The Balaban J connectivity index is 1.40. The van der Waals surface area contributed by atoms with Crippen LogP contribution in [0.2, 0.25) is 0 Å². The molecule has 0 radical (unpaired) electrons. The smallest absolute Gasteiger partial charge is 0.248 e. The van der Waals surface area contributed by atoms with Gasteiger partial charge >= 0.3 is 0 Å². The van der Waals surface area contributed by atoms with E-state index >= 15 is 0 Å². The number of nitrogens with zero attached hydrogens (tertiary/aromatic N) is 3. The van der Waals surface area contributed by atoms with Gasteiger partial charge in [-0.3, -0.25) is 14.7 Å². The average molecular weight is 360 g/mol. The number of carbonyl (C=O) groups excluding carboxylic acids is 1. The molecule has 5 heteroatoms. The normalized spacial score (nSPS) is 25.1. The molecular weight excluding hydrogens is 336 g/mol. The highest BCUT2D eigenvalue weighted by atomic mass is 16.1. The van der Waals surface area contributed by atoms with Crippen molar-refractivity contribution >= 4 is 16.8 Å². The summed E-state index contributed by atoms with van der Waals surface area (Å²) in [4.78, 5) is 18.4. The maximum absolute atomic E-state index is 11.6. The molecule has 138 valence electrons. The maximum Gasteiger partial charge on any atom is 0.248 e. The number of hydrogen-bond donors (Lipinski definition) is 1. The summed E-state index contributed by atoms with van der Waals surface area (Å²) in [6.07, 6.45) is 10.8. The van der Waals surface area contributed by atoms with E-state index in [0.717, 1.165) is 24.9 Å². The Morgan fingerprint density at radius 3 is 2.48 bits per heavy atom. The van der Waals surface area contributed by atoms with E-state index < -0.39 is 0 Å². The van der Waals surface area contributed by atoms with Gasteiger partial charge in [0.15, 0.2) is 0 Å². The number of rotatable bonds is 4. The van der Waals surface area contributed by atoms with E-state index in [1.54, 1.807) is 0 Å². The van der Waals surface area contributed by atoms with Crippen LogP contribution >= 0.6 is 0 Å². The lowest BCUT2D eigenvalue weighted by molar-refractivity contribution is 0.0997. The van der Waals surface area contributed by atoms with Gasteiger partial charge in [-0.15, -0.1) is 0 Å². The number of primary amides is 1. The largest absolute Gasteiger partial charge is 0.366 e. The molecule has 3 aromatic rings. The zero-order valence-corrected chi connectivity index (χ0v) is 15.3. The van der Waals surface area contributed by atoms with E-state index in [4.69, 9.17) is 5.73 Å². The second-order valence-electron chi connectivity index (χ2n) is 7.90. The minimum absolute atomic E-state index is 0.364. The Bertz CT molecular complexity index is 966. The fourth-order valence-corrected chi connectivity index (χ4v) is 5.05. The number of carbonyl (C=O) groups is 1. The topological polar surface area (TPSA) is 64.2 Å². The molecule has 1 amide bonds. The average Bonchev–Trinajstić information content (AvgIpc) is 3.19. The molecule has 1 aromatic carbocycles. The lowest BCUT2D eigenvalue weighted by Crippen LogP contribution is -2.42. The van der Waals surface area contributed by atoms with E-state index in [-0.39, 0.29) is 5.91 Å². The van der Waals surface area contributed by atoms with Crippen LogP contribution < -0.4 is 5.73 Å². The van der Waals surface area contributed by atoms with Crippen molar-refractivity contribution in [1.82, 2.24) is 14.5 Å². The predicted molar refractivity (Wildman–Crippen MR) is 105 cm³/mol. The summed E-state index contributed by atoms with van der Waals surface area (Å²) in [6, 6.07) is 13.9. The van der Waals surface area contributed by atoms with Gasteiger partial charge in [-0.25, -0.2) is 0 Å². The fraction of sp³-hybridized carbons (Fsp3) is 0.364. The first-order chi connectivity index (χ1) is 13.2. The van der Waals surface area contributed by atoms with Gasteiger partial charge in [-0.05, 0) is 67.0 Å². The van der Waals surface area contributed by atoms with Crippen LogP contribution in [0.4, 0.5) is 0 Å². The number of piperidine rings is 1. The van der Waals surface area contributed by atoms with Crippen LogP contribution in [0.1, 0.15) is 47.6 Å². The molecule has 2 bridgehead atoms. The van der Waals surface area contributed by atoms with E-state index in [9.17, 15) is 4.79 Å². The zero-order valence-electron chi connectivity index (χ0n) is 15.3. The molecule has 2 atom stereocenters. The van der Waals surface area contributed by atoms with Crippen molar-refractivity contribution in [1.29, 1.82) is 0 Å². The summed E-state index contributed by atoms with van der Waals surface area (Å²) in [5.41, 5.74) is 8.54. The molecule has 0 saturated carbocycles. The second-order valence-corrected chi connectivity index (χ2v) is 7.90. The molecule has 2 aliphatic heterocycles. The molecule has 2 unspecified atom stereocenters. The van der Waals surface area contributed by atoms with Crippen molar-refractivity contribution in [2.45, 2.75) is 50.4 Å². The Kier molecular flexibility index (Phi) is 3.97. The van der Waals surface area contributed by atoms with Gasteiger partial charge in [-0.1, -0.05) is 6.07 Å². The second kappa shape index (κ2) is 6.50. The third-order valence-electron chi connectivity index (χ3n) is 6.38. The first kappa shape index (κ1) is 16.5. The third-order valence-corrected chi connectivity index (χ3v) is 6.38. The van der Waals surface area contributed by atoms with Crippen LogP contribution in [0.25, 0.3) is 10.9 Å². The lowest BCUT2D eigenvalue weighted by Gasteiger charge is -2.39. The summed E-state index contributed by atoms with van der Waals surface area (Å²) in [7, 11) is 0. The Hall–Kier alpha value is -2.66. The van der Waals surface area contributed by atoms with Gasteiger partial charge in [0.2, 0.25) is 5.91 Å². The molecule has 2 aromatic heterocycles. The van der Waals surface area contributed by atoms with Crippen molar-refractivity contribution in [3.63, 3.8) is 0 Å². The lowest BCUT2D eigenvalue weighted by atomic mass is 9.96. The van der Waals surface area contributed by atoms with Gasteiger partial charge in [0.1, 0.15) is 0 Å². The minimum atomic E-state index is -0.364. The molecule has 2 fully saturated rings. The van der Waals surface area contributed by atoms with E-state index in [1.807, 2.05) is 30.6 Å². The fourth-order valence-electron chi connectivity index (χ4n) is 5.05.